The lowest BCUT2D eigenvalue weighted by molar-refractivity contribution is -0.171. The Balaban J connectivity index is 0.000000452. The van der Waals surface area contributed by atoms with Gasteiger partial charge in [0.05, 0.1) is 51.8 Å². The average molecular weight is 625 g/mol. The third kappa shape index (κ3) is 10.5. The summed E-state index contributed by atoms with van der Waals surface area (Å²) in [6.45, 7) is 2.74. The number of benzene rings is 2. The first-order valence-electron chi connectivity index (χ1n) is 10.9. The van der Waals surface area contributed by atoms with Crippen molar-refractivity contribution in [1.82, 2.24) is 0 Å². The fourth-order valence-electron chi connectivity index (χ4n) is 2.53. The molecule has 41 heavy (non-hydrogen) atoms. The molecule has 0 aliphatic carbocycles. The number of nitrogens with zero attached hydrogens (tertiary/aromatic N) is 2. The van der Waals surface area contributed by atoms with Crippen molar-refractivity contribution in [3.63, 3.8) is 0 Å². The Morgan fingerprint density at radius 3 is 1.68 bits per heavy atom. The normalized spacial score (nSPS) is 11.2. The van der Waals surface area contributed by atoms with Gasteiger partial charge in [-0.15, -0.1) is 0 Å². The molecule has 0 bridgehead atoms. The lowest BCUT2D eigenvalue weighted by Crippen LogP contribution is -2.28. The number of alkyl halides is 3. The van der Waals surface area contributed by atoms with Gasteiger partial charge in [-0.1, -0.05) is 0 Å². The molecule has 0 unspecified atom stereocenters. The van der Waals surface area contributed by atoms with E-state index in [-0.39, 0.29) is 34.1 Å². The number of nitrogens with two attached hydrogens (primary N) is 1. The number of hydrogen-bond acceptors (Lipinski definition) is 9. The number of anilines is 4. The SMILES string of the molecule is CCS(=O)(=O)Nc1cc(N)c(F)cc1C#N.CCS(=O)(=O)Nc1cc(NC(=O)CC(=O)C(F)(F)F)c(F)cc1C#N. The molecule has 0 aliphatic heterocycles. The predicted molar refractivity (Wildman–Crippen MR) is 137 cm³/mol. The van der Waals surface area contributed by atoms with Gasteiger partial charge in [-0.3, -0.25) is 19.0 Å². The maximum absolute atomic E-state index is 13.8. The van der Waals surface area contributed by atoms with Gasteiger partial charge in [-0.05, 0) is 38.1 Å². The fraction of sp³-hybridized carbons (Fsp3) is 0.273. The summed E-state index contributed by atoms with van der Waals surface area (Å²) in [5.41, 5.74) is 3.49. The maximum atomic E-state index is 13.8. The van der Waals surface area contributed by atoms with Crippen LogP contribution in [0.5, 0.6) is 0 Å². The van der Waals surface area contributed by atoms with E-state index in [0.29, 0.717) is 6.07 Å². The van der Waals surface area contributed by atoms with E-state index in [1.54, 1.807) is 11.4 Å². The Bertz CT molecular complexity index is 1630. The van der Waals surface area contributed by atoms with Gasteiger partial charge in [-0.25, -0.2) is 25.6 Å². The largest absolute Gasteiger partial charge is 0.450 e. The third-order valence-electron chi connectivity index (χ3n) is 4.69. The van der Waals surface area contributed by atoms with E-state index >= 15 is 0 Å². The van der Waals surface area contributed by atoms with Crippen molar-refractivity contribution >= 4 is 54.5 Å². The van der Waals surface area contributed by atoms with Crippen LogP contribution in [0.25, 0.3) is 0 Å². The van der Waals surface area contributed by atoms with Crippen LogP contribution in [0.15, 0.2) is 24.3 Å². The number of nitrogens with one attached hydrogen (secondary N) is 3. The van der Waals surface area contributed by atoms with Crippen molar-refractivity contribution < 1.29 is 48.4 Å². The smallest absolute Gasteiger partial charge is 0.396 e. The number of amides is 1. The van der Waals surface area contributed by atoms with E-state index < -0.39 is 67.2 Å². The van der Waals surface area contributed by atoms with Gasteiger partial charge < -0.3 is 11.1 Å². The van der Waals surface area contributed by atoms with Crippen LogP contribution >= 0.6 is 0 Å². The molecule has 19 heteroatoms. The Morgan fingerprint density at radius 2 is 1.27 bits per heavy atom. The number of rotatable bonds is 9. The van der Waals surface area contributed by atoms with Crippen LogP contribution in [0.2, 0.25) is 0 Å². The zero-order chi connectivity index (χ0) is 31.8. The zero-order valence-corrected chi connectivity index (χ0v) is 22.7. The molecule has 0 fully saturated rings. The standard InChI is InChI=1S/C13H11F4N3O4S.C9H10FN3O2S/c1-2-25(23,24)20-9-4-10(8(14)3-7(9)6-18)19-12(22)5-11(21)13(15,16)17;1-2-16(14,15)13-9-4-8(12)7(10)3-6(9)5-11/h3-4,20H,2,5H2,1H3,(H,19,22);3-4,13H,2,12H2,1H3. The van der Waals surface area contributed by atoms with Crippen molar-refractivity contribution in [1.29, 1.82) is 10.5 Å². The Labute approximate surface area is 231 Å². The molecule has 2 rings (SSSR count). The van der Waals surface area contributed by atoms with Crippen LogP contribution < -0.4 is 20.5 Å². The molecule has 12 nitrogen and oxygen atoms in total. The first-order chi connectivity index (χ1) is 18.8. The first-order valence-corrected chi connectivity index (χ1v) is 14.2. The van der Waals surface area contributed by atoms with Crippen molar-refractivity contribution in [2.24, 2.45) is 0 Å². The van der Waals surface area contributed by atoms with Gasteiger partial charge in [0.15, 0.2) is 0 Å². The monoisotopic (exact) mass is 624 g/mol. The van der Waals surface area contributed by atoms with E-state index in [4.69, 9.17) is 16.3 Å². The molecule has 0 saturated carbocycles. The number of hydrogen-bond donors (Lipinski definition) is 4. The van der Waals surface area contributed by atoms with E-state index in [1.165, 1.54) is 19.9 Å². The van der Waals surface area contributed by atoms with Gasteiger partial charge in [0.25, 0.3) is 0 Å². The van der Waals surface area contributed by atoms with Gasteiger partial charge >= 0.3 is 6.18 Å². The second kappa shape index (κ2) is 13.7. The highest BCUT2D eigenvalue weighted by atomic mass is 32.2. The average Bonchev–Trinajstić information content (AvgIpc) is 2.87. The molecule has 1 amide bonds. The Morgan fingerprint density at radius 1 is 0.829 bits per heavy atom. The second-order valence-corrected chi connectivity index (χ2v) is 11.7. The number of nitrogen functional groups attached to an aromatic ring is 1. The molecule has 0 aromatic heterocycles. The molecule has 0 spiro atoms. The van der Waals surface area contributed by atoms with Crippen LogP contribution in [0.4, 0.5) is 44.7 Å². The van der Waals surface area contributed by atoms with E-state index in [2.05, 4.69) is 4.72 Å². The lowest BCUT2D eigenvalue weighted by Gasteiger charge is -2.12. The maximum Gasteiger partial charge on any atom is 0.450 e. The molecule has 0 heterocycles. The molecule has 0 atom stereocenters. The quantitative estimate of drug-likeness (QED) is 0.183. The van der Waals surface area contributed by atoms with Gasteiger partial charge in [0.1, 0.15) is 23.8 Å². The summed E-state index contributed by atoms with van der Waals surface area (Å²) in [6, 6.07) is 6.52. The highest BCUT2D eigenvalue weighted by Gasteiger charge is 2.39. The molecular weight excluding hydrogens is 603 g/mol. The minimum absolute atomic E-state index is 0.0109. The number of sulfonamides is 2. The van der Waals surface area contributed by atoms with Gasteiger partial charge in [0, 0.05) is 0 Å². The molecule has 2 aromatic rings. The molecule has 222 valence electrons. The van der Waals surface area contributed by atoms with Crippen molar-refractivity contribution in [3.8, 4) is 12.1 Å². The van der Waals surface area contributed by atoms with E-state index in [1.807, 2.05) is 4.72 Å². The molecular formula is C22H21F5N6O6S2. The molecule has 0 aliphatic rings. The minimum Gasteiger partial charge on any atom is -0.396 e. The lowest BCUT2D eigenvalue weighted by atomic mass is 10.1. The number of carbonyl (C=O) groups is 2. The van der Waals surface area contributed by atoms with Crippen LogP contribution in [0, 0.1) is 34.3 Å². The molecule has 5 N–H and O–H groups in total. The first kappa shape index (κ1) is 34.5. The van der Waals surface area contributed by atoms with Gasteiger partial charge in [0.2, 0.25) is 31.7 Å². The molecule has 2 aromatic carbocycles. The van der Waals surface area contributed by atoms with Crippen LogP contribution in [-0.2, 0) is 29.6 Å². The van der Waals surface area contributed by atoms with E-state index in [9.17, 15) is 48.4 Å². The second-order valence-electron chi connectivity index (χ2n) is 7.68. The fourth-order valence-corrected chi connectivity index (χ4v) is 3.83. The zero-order valence-electron chi connectivity index (χ0n) is 21.1. The number of nitriles is 2. The van der Waals surface area contributed by atoms with Crippen LogP contribution in [0.3, 0.4) is 0 Å². The predicted octanol–water partition coefficient (Wildman–Crippen LogP) is 2.96. The van der Waals surface area contributed by atoms with Crippen LogP contribution in [-0.4, -0.2) is 46.2 Å². The molecule has 0 radical (unpaired) electrons. The number of ketones is 1. The Hall–Kier alpha value is -4.49. The highest BCUT2D eigenvalue weighted by Crippen LogP contribution is 2.26. The summed E-state index contributed by atoms with van der Waals surface area (Å²) in [5, 5.41) is 19.3. The molecule has 0 saturated heterocycles. The van der Waals surface area contributed by atoms with Crippen molar-refractivity contribution in [3.05, 3.63) is 47.0 Å². The Kier molecular flexibility index (Phi) is 11.6. The summed E-state index contributed by atoms with van der Waals surface area (Å²) in [7, 11) is -7.35. The summed E-state index contributed by atoms with van der Waals surface area (Å²) >= 11 is 0. The van der Waals surface area contributed by atoms with Crippen molar-refractivity contribution in [2.75, 3.05) is 32.0 Å². The van der Waals surface area contributed by atoms with E-state index in [0.717, 1.165) is 18.2 Å². The van der Waals surface area contributed by atoms with Crippen molar-refractivity contribution in [2.45, 2.75) is 26.4 Å². The highest BCUT2D eigenvalue weighted by molar-refractivity contribution is 7.92. The number of Topliss-reactive ketones (excluding diaryl/α,β-unsaturated/α-hetero) is 1. The summed E-state index contributed by atoms with van der Waals surface area (Å²) in [5.74, 6) is -6.23. The summed E-state index contributed by atoms with van der Waals surface area (Å²) in [6.07, 6.45) is -6.79. The number of halogens is 5. The third-order valence-corrected chi connectivity index (χ3v) is 7.27. The summed E-state index contributed by atoms with van der Waals surface area (Å²) in [4.78, 5) is 22.2. The summed E-state index contributed by atoms with van der Waals surface area (Å²) < 4.78 is 113. The van der Waals surface area contributed by atoms with Crippen LogP contribution in [0.1, 0.15) is 31.4 Å². The number of carbonyl (C=O) groups excluding carboxylic acids is 2. The topological polar surface area (TPSA) is 212 Å². The minimum atomic E-state index is -5.22. The van der Waals surface area contributed by atoms with Gasteiger partial charge in [-0.2, -0.15) is 23.7 Å².